The smallest absolute Gasteiger partial charge is 0.0155 e. The third-order valence-corrected chi connectivity index (χ3v) is 2.82. The summed E-state index contributed by atoms with van der Waals surface area (Å²) >= 11 is 0. The molecule has 0 unspecified atom stereocenters. The van der Waals surface area contributed by atoms with Gasteiger partial charge in [0.15, 0.2) is 0 Å². The van der Waals surface area contributed by atoms with Crippen molar-refractivity contribution in [1.82, 2.24) is 4.90 Å². The number of nitrogens with zero attached hydrogens (tertiary/aromatic N) is 1. The maximum atomic E-state index is 2.64. The maximum Gasteiger partial charge on any atom is 0.0155 e. The van der Waals surface area contributed by atoms with Crippen LogP contribution in [0, 0.1) is 5.92 Å². The van der Waals surface area contributed by atoms with Gasteiger partial charge in [-0.3, -0.25) is 4.90 Å². The Labute approximate surface area is 90.9 Å². The minimum Gasteiger partial charge on any atom is -0.296 e. The van der Waals surface area contributed by atoms with Crippen LogP contribution in [0.1, 0.15) is 61.3 Å². The van der Waals surface area contributed by atoms with Crippen LogP contribution in [0.5, 0.6) is 0 Å². The molecular formula is C13H29N. The van der Waals surface area contributed by atoms with Gasteiger partial charge < -0.3 is 0 Å². The predicted molar refractivity (Wildman–Crippen MR) is 65.7 cm³/mol. The molecule has 14 heavy (non-hydrogen) atoms. The largest absolute Gasteiger partial charge is 0.296 e. The lowest BCUT2D eigenvalue weighted by molar-refractivity contribution is 0.0632. The van der Waals surface area contributed by atoms with E-state index in [9.17, 15) is 0 Å². The number of hydrogen-bond donors (Lipinski definition) is 0. The summed E-state index contributed by atoms with van der Waals surface area (Å²) in [6.07, 6.45) is 2.56. The van der Waals surface area contributed by atoms with E-state index < -0.39 is 0 Å². The standard InChI is InChI=1S/C13H29N/c1-8-9-13(6,7)14(12(4)5)10-11(2)3/h11-12H,8-10H2,1-7H3. The molecule has 0 spiro atoms. The first kappa shape index (κ1) is 14.0. The average molecular weight is 199 g/mol. The molecule has 0 aliphatic rings. The second kappa shape index (κ2) is 5.75. The highest BCUT2D eigenvalue weighted by molar-refractivity contribution is 4.83. The fourth-order valence-corrected chi connectivity index (χ4v) is 2.31. The molecule has 0 aliphatic carbocycles. The van der Waals surface area contributed by atoms with Gasteiger partial charge in [-0.25, -0.2) is 0 Å². The SMILES string of the molecule is CCCC(C)(C)N(CC(C)C)C(C)C. The van der Waals surface area contributed by atoms with Gasteiger partial charge in [-0.05, 0) is 40.0 Å². The van der Waals surface area contributed by atoms with Crippen molar-refractivity contribution in [2.45, 2.75) is 72.9 Å². The van der Waals surface area contributed by atoms with Crippen LogP contribution < -0.4 is 0 Å². The Hall–Kier alpha value is -0.0400. The van der Waals surface area contributed by atoms with Crippen LogP contribution in [-0.4, -0.2) is 23.0 Å². The first-order valence-corrected chi connectivity index (χ1v) is 6.08. The van der Waals surface area contributed by atoms with Crippen LogP contribution in [0.3, 0.4) is 0 Å². The van der Waals surface area contributed by atoms with E-state index in [-0.39, 0.29) is 0 Å². The molecule has 0 aromatic carbocycles. The van der Waals surface area contributed by atoms with Crippen molar-refractivity contribution in [3.8, 4) is 0 Å². The number of hydrogen-bond acceptors (Lipinski definition) is 1. The molecule has 0 heterocycles. The van der Waals surface area contributed by atoms with Crippen molar-refractivity contribution in [2.24, 2.45) is 5.92 Å². The van der Waals surface area contributed by atoms with Crippen LogP contribution in [0.15, 0.2) is 0 Å². The van der Waals surface area contributed by atoms with Crippen molar-refractivity contribution in [1.29, 1.82) is 0 Å². The van der Waals surface area contributed by atoms with Crippen LogP contribution in [0.2, 0.25) is 0 Å². The van der Waals surface area contributed by atoms with Gasteiger partial charge in [-0.2, -0.15) is 0 Å². The van der Waals surface area contributed by atoms with E-state index in [0.29, 0.717) is 11.6 Å². The Kier molecular flexibility index (Phi) is 5.73. The molecule has 0 rings (SSSR count). The fourth-order valence-electron chi connectivity index (χ4n) is 2.31. The molecule has 1 heteroatoms. The minimum atomic E-state index is 0.354. The average Bonchev–Trinajstić information content (AvgIpc) is 1.99. The predicted octanol–water partition coefficient (Wildman–Crippen LogP) is 3.93. The highest BCUT2D eigenvalue weighted by Gasteiger charge is 2.27. The Morgan fingerprint density at radius 2 is 1.57 bits per heavy atom. The topological polar surface area (TPSA) is 3.24 Å². The van der Waals surface area contributed by atoms with Gasteiger partial charge in [-0.15, -0.1) is 0 Å². The van der Waals surface area contributed by atoms with Crippen molar-refractivity contribution in [3.63, 3.8) is 0 Å². The van der Waals surface area contributed by atoms with Gasteiger partial charge >= 0.3 is 0 Å². The summed E-state index contributed by atoms with van der Waals surface area (Å²) in [4.78, 5) is 2.64. The molecule has 0 saturated carbocycles. The molecule has 0 aromatic heterocycles. The summed E-state index contributed by atoms with van der Waals surface area (Å²) in [5.41, 5.74) is 0.354. The minimum absolute atomic E-state index is 0.354. The van der Waals surface area contributed by atoms with E-state index in [1.165, 1.54) is 19.4 Å². The normalized spacial score (nSPS) is 13.3. The highest BCUT2D eigenvalue weighted by atomic mass is 15.2. The lowest BCUT2D eigenvalue weighted by Gasteiger charge is -2.42. The van der Waals surface area contributed by atoms with Gasteiger partial charge in [0.2, 0.25) is 0 Å². The molecule has 0 bridgehead atoms. The molecule has 0 N–H and O–H groups in total. The molecular weight excluding hydrogens is 170 g/mol. The third kappa shape index (κ3) is 4.45. The summed E-state index contributed by atoms with van der Waals surface area (Å²) in [5, 5.41) is 0. The van der Waals surface area contributed by atoms with Crippen molar-refractivity contribution >= 4 is 0 Å². The van der Waals surface area contributed by atoms with Crippen molar-refractivity contribution in [3.05, 3.63) is 0 Å². The Bertz CT molecular complexity index is 147. The first-order chi connectivity index (χ1) is 6.31. The van der Waals surface area contributed by atoms with E-state index in [1.807, 2.05) is 0 Å². The summed E-state index contributed by atoms with van der Waals surface area (Å²) < 4.78 is 0. The Morgan fingerprint density at radius 1 is 1.07 bits per heavy atom. The summed E-state index contributed by atoms with van der Waals surface area (Å²) in [6, 6.07) is 0.652. The molecule has 0 aromatic rings. The van der Waals surface area contributed by atoms with Gasteiger partial charge in [0.1, 0.15) is 0 Å². The molecule has 0 radical (unpaired) electrons. The van der Waals surface area contributed by atoms with Crippen LogP contribution in [0.25, 0.3) is 0 Å². The molecule has 1 nitrogen and oxygen atoms in total. The molecule has 0 atom stereocenters. The zero-order valence-corrected chi connectivity index (χ0v) is 11.2. The van der Waals surface area contributed by atoms with Crippen LogP contribution in [-0.2, 0) is 0 Å². The van der Waals surface area contributed by atoms with Crippen LogP contribution in [0.4, 0.5) is 0 Å². The van der Waals surface area contributed by atoms with Crippen LogP contribution >= 0.6 is 0 Å². The highest BCUT2D eigenvalue weighted by Crippen LogP contribution is 2.24. The monoisotopic (exact) mass is 199 g/mol. The van der Waals surface area contributed by atoms with Gasteiger partial charge in [-0.1, -0.05) is 27.2 Å². The second-order valence-electron chi connectivity index (χ2n) is 5.70. The molecule has 86 valence electrons. The maximum absolute atomic E-state index is 2.64. The van der Waals surface area contributed by atoms with Gasteiger partial charge in [0.05, 0.1) is 0 Å². The first-order valence-electron chi connectivity index (χ1n) is 6.08. The lowest BCUT2D eigenvalue weighted by Crippen LogP contribution is -2.49. The zero-order valence-electron chi connectivity index (χ0n) is 11.2. The lowest BCUT2D eigenvalue weighted by atomic mass is 9.93. The van der Waals surface area contributed by atoms with E-state index in [1.54, 1.807) is 0 Å². The van der Waals surface area contributed by atoms with E-state index in [2.05, 4.69) is 53.4 Å². The van der Waals surface area contributed by atoms with Crippen molar-refractivity contribution < 1.29 is 0 Å². The zero-order chi connectivity index (χ0) is 11.4. The summed E-state index contributed by atoms with van der Waals surface area (Å²) in [5.74, 6) is 0.758. The Balaban J connectivity index is 4.46. The molecule has 0 amide bonds. The van der Waals surface area contributed by atoms with Crippen molar-refractivity contribution in [2.75, 3.05) is 6.54 Å². The summed E-state index contributed by atoms with van der Waals surface area (Å²) in [7, 11) is 0. The second-order valence-corrected chi connectivity index (χ2v) is 5.70. The number of rotatable bonds is 6. The Morgan fingerprint density at radius 3 is 1.86 bits per heavy atom. The van der Waals surface area contributed by atoms with E-state index >= 15 is 0 Å². The molecule has 0 aliphatic heterocycles. The van der Waals surface area contributed by atoms with E-state index in [4.69, 9.17) is 0 Å². The van der Waals surface area contributed by atoms with E-state index in [0.717, 1.165) is 5.92 Å². The summed E-state index contributed by atoms with van der Waals surface area (Å²) in [6.45, 7) is 17.5. The third-order valence-electron chi connectivity index (χ3n) is 2.82. The van der Waals surface area contributed by atoms with Gasteiger partial charge in [0, 0.05) is 18.1 Å². The quantitative estimate of drug-likeness (QED) is 0.626. The molecule has 0 fully saturated rings. The van der Waals surface area contributed by atoms with Gasteiger partial charge in [0.25, 0.3) is 0 Å². The molecule has 0 saturated heterocycles. The fraction of sp³-hybridized carbons (Fsp3) is 1.00.